The summed E-state index contributed by atoms with van der Waals surface area (Å²) in [6.07, 6.45) is 11.3. The predicted octanol–water partition coefficient (Wildman–Crippen LogP) is 6.51. The lowest BCUT2D eigenvalue weighted by Gasteiger charge is -2.46. The van der Waals surface area contributed by atoms with Crippen molar-refractivity contribution in [2.45, 2.75) is 54.7 Å². The summed E-state index contributed by atoms with van der Waals surface area (Å²) in [5.74, 6) is 1.99. The van der Waals surface area contributed by atoms with E-state index in [2.05, 4.69) is 46.0 Å². The molecule has 0 bridgehead atoms. The molecule has 0 radical (unpaired) electrons. The summed E-state index contributed by atoms with van der Waals surface area (Å²) in [5, 5.41) is 0. The van der Waals surface area contributed by atoms with Gasteiger partial charge in [0, 0.05) is 23.7 Å². The summed E-state index contributed by atoms with van der Waals surface area (Å²) in [7, 11) is 4.01. The predicted molar refractivity (Wildman–Crippen MR) is 152 cm³/mol. The van der Waals surface area contributed by atoms with Crippen molar-refractivity contribution < 1.29 is 4.74 Å². The first-order valence-electron chi connectivity index (χ1n) is 12.7. The molecule has 0 aliphatic carbocycles. The molecule has 2 fully saturated rings. The highest BCUT2D eigenvalue weighted by atomic mass is 35.5. The smallest absolute Gasteiger partial charge is 0.147 e. The number of methoxy groups -OCH3 is 1. The van der Waals surface area contributed by atoms with E-state index in [0.717, 1.165) is 18.1 Å². The van der Waals surface area contributed by atoms with Gasteiger partial charge in [-0.05, 0) is 108 Å². The van der Waals surface area contributed by atoms with Crippen LogP contribution in [-0.4, -0.2) is 68.2 Å². The third kappa shape index (κ3) is 6.58. The van der Waals surface area contributed by atoms with E-state index in [9.17, 15) is 0 Å². The Morgan fingerprint density at radius 3 is 2.37 bits per heavy atom. The minimum atomic E-state index is 0. The third-order valence-electron chi connectivity index (χ3n) is 8.00. The number of halogens is 2. The highest BCUT2D eigenvalue weighted by molar-refractivity contribution is 7.99. The number of pyridine rings is 1. The highest BCUT2D eigenvalue weighted by Gasteiger charge is 2.36. The van der Waals surface area contributed by atoms with Crippen LogP contribution in [0.25, 0.3) is 0 Å². The highest BCUT2D eigenvalue weighted by Crippen LogP contribution is 2.48. The molecule has 0 saturated carbocycles. The number of ether oxygens (including phenoxy) is 1. The number of hydrogen-bond donors (Lipinski definition) is 0. The fourth-order valence-corrected chi connectivity index (χ4v) is 6.72. The van der Waals surface area contributed by atoms with Gasteiger partial charge in [-0.3, -0.25) is 0 Å². The van der Waals surface area contributed by atoms with E-state index in [0.29, 0.717) is 5.41 Å². The van der Waals surface area contributed by atoms with E-state index in [-0.39, 0.29) is 24.8 Å². The number of fused-ring (bicyclic) bond motifs is 2. The molecule has 0 atom stereocenters. The number of likely N-dealkylation sites (tertiary alicyclic amines) is 2. The summed E-state index contributed by atoms with van der Waals surface area (Å²) in [5.41, 5.74) is 1.88. The van der Waals surface area contributed by atoms with Crippen molar-refractivity contribution in [1.82, 2.24) is 14.8 Å². The quantitative estimate of drug-likeness (QED) is 0.373. The first kappa shape index (κ1) is 28.4. The lowest BCUT2D eigenvalue weighted by Crippen LogP contribution is -2.46. The Kier molecular flexibility index (Phi) is 10.4. The molecule has 2 saturated heterocycles. The molecular formula is C27H40Cl2N4OS. The van der Waals surface area contributed by atoms with E-state index < -0.39 is 0 Å². The Morgan fingerprint density at radius 2 is 1.63 bits per heavy atom. The zero-order chi connectivity index (χ0) is 22.7. The maximum absolute atomic E-state index is 5.51. The number of hydrogen-bond acceptors (Lipinski definition) is 6. The summed E-state index contributed by atoms with van der Waals surface area (Å²) in [4.78, 5) is 14.9. The van der Waals surface area contributed by atoms with Crippen LogP contribution in [0.2, 0.25) is 0 Å². The first-order chi connectivity index (χ1) is 16.2. The number of piperidine rings is 2. The summed E-state index contributed by atoms with van der Waals surface area (Å²) >= 11 is 1.81. The van der Waals surface area contributed by atoms with E-state index >= 15 is 0 Å². The van der Waals surface area contributed by atoms with Crippen LogP contribution in [0.5, 0.6) is 5.75 Å². The van der Waals surface area contributed by atoms with Gasteiger partial charge in [0.25, 0.3) is 0 Å². The standard InChI is InChI=1S/C27H38N4OS.2ClH/c1-29-17-10-27(11-18-29)12-19-30(20-13-27)15-4-3-5-16-31-23-21-22(32-2)8-9-24(23)33-25-7-6-14-28-26(25)31;;/h6-9,14,21H,3-5,10-13,15-20H2,1-2H3;2*1H. The van der Waals surface area contributed by atoms with E-state index in [1.165, 1.54) is 93.1 Å². The molecule has 2 aromatic rings. The van der Waals surface area contributed by atoms with Gasteiger partial charge in [0.1, 0.15) is 11.6 Å². The molecule has 5 rings (SSSR count). The van der Waals surface area contributed by atoms with Gasteiger partial charge in [0.05, 0.1) is 17.7 Å². The van der Waals surface area contributed by atoms with Gasteiger partial charge in [-0.2, -0.15) is 0 Å². The molecule has 3 aliphatic heterocycles. The number of unbranched alkanes of at least 4 members (excludes halogenated alkanes) is 2. The second-order valence-electron chi connectivity index (χ2n) is 10.1. The summed E-state index contributed by atoms with van der Waals surface area (Å²) < 4.78 is 5.51. The molecule has 0 amide bonds. The number of nitrogens with zero attached hydrogens (tertiary/aromatic N) is 4. The molecule has 1 aromatic heterocycles. The third-order valence-corrected chi connectivity index (χ3v) is 9.11. The number of aromatic nitrogens is 1. The van der Waals surface area contributed by atoms with Crippen LogP contribution in [0.4, 0.5) is 11.5 Å². The molecule has 3 aliphatic rings. The van der Waals surface area contributed by atoms with Crippen LogP contribution < -0.4 is 9.64 Å². The molecule has 35 heavy (non-hydrogen) atoms. The van der Waals surface area contributed by atoms with Gasteiger partial charge in [-0.25, -0.2) is 4.98 Å². The van der Waals surface area contributed by atoms with E-state index in [1.54, 1.807) is 7.11 Å². The number of anilines is 2. The van der Waals surface area contributed by atoms with Crippen molar-refractivity contribution >= 4 is 48.1 Å². The molecule has 8 heteroatoms. The van der Waals surface area contributed by atoms with Crippen molar-refractivity contribution in [2.24, 2.45) is 5.41 Å². The largest absolute Gasteiger partial charge is 0.497 e. The van der Waals surface area contributed by atoms with Gasteiger partial charge in [-0.1, -0.05) is 18.2 Å². The zero-order valence-electron chi connectivity index (χ0n) is 21.1. The zero-order valence-corrected chi connectivity index (χ0v) is 23.5. The minimum Gasteiger partial charge on any atom is -0.497 e. The Morgan fingerprint density at radius 1 is 0.914 bits per heavy atom. The average Bonchev–Trinajstić information content (AvgIpc) is 2.86. The van der Waals surface area contributed by atoms with Gasteiger partial charge in [0.15, 0.2) is 0 Å². The second-order valence-corrected chi connectivity index (χ2v) is 11.2. The van der Waals surface area contributed by atoms with Crippen LogP contribution in [0.15, 0.2) is 46.3 Å². The Bertz CT molecular complexity index is 945. The molecule has 1 spiro atoms. The molecule has 0 unspecified atom stereocenters. The Labute approximate surface area is 227 Å². The minimum absolute atomic E-state index is 0. The Hall–Kier alpha value is -1.18. The van der Waals surface area contributed by atoms with E-state index in [1.807, 2.05) is 24.0 Å². The van der Waals surface area contributed by atoms with Gasteiger partial charge in [-0.15, -0.1) is 24.8 Å². The van der Waals surface area contributed by atoms with Crippen LogP contribution in [0.1, 0.15) is 44.9 Å². The van der Waals surface area contributed by atoms with Crippen molar-refractivity contribution in [1.29, 1.82) is 0 Å². The van der Waals surface area contributed by atoms with Crippen LogP contribution >= 0.6 is 36.6 Å². The molecule has 194 valence electrons. The fraction of sp³-hybridized carbons (Fsp3) is 0.593. The molecule has 0 N–H and O–H groups in total. The Balaban J connectivity index is 0.00000171. The van der Waals surface area contributed by atoms with Gasteiger partial charge < -0.3 is 19.4 Å². The molecule has 5 nitrogen and oxygen atoms in total. The maximum Gasteiger partial charge on any atom is 0.147 e. The van der Waals surface area contributed by atoms with E-state index in [4.69, 9.17) is 9.72 Å². The van der Waals surface area contributed by atoms with Gasteiger partial charge in [0.2, 0.25) is 0 Å². The first-order valence-corrected chi connectivity index (χ1v) is 13.5. The summed E-state index contributed by atoms with van der Waals surface area (Å²) in [6, 6.07) is 10.6. The summed E-state index contributed by atoms with van der Waals surface area (Å²) in [6.45, 7) is 7.45. The van der Waals surface area contributed by atoms with Gasteiger partial charge >= 0.3 is 0 Å². The number of rotatable bonds is 7. The van der Waals surface area contributed by atoms with Crippen LogP contribution in [-0.2, 0) is 0 Å². The number of benzene rings is 1. The molecule has 1 aromatic carbocycles. The SMILES string of the molecule is COc1ccc2c(c1)N(CCCCCN1CCC3(CCN(C)CC3)CC1)c1ncccc1S2.Cl.Cl. The lowest BCUT2D eigenvalue weighted by atomic mass is 9.71. The van der Waals surface area contributed by atoms with Crippen molar-refractivity contribution in [3.8, 4) is 5.75 Å². The normalized spacial score (nSPS) is 19.3. The maximum atomic E-state index is 5.51. The monoisotopic (exact) mass is 538 g/mol. The molecule has 4 heterocycles. The van der Waals surface area contributed by atoms with Crippen molar-refractivity contribution in [2.75, 3.05) is 58.3 Å². The second kappa shape index (κ2) is 12.9. The van der Waals surface area contributed by atoms with Crippen molar-refractivity contribution in [3.05, 3.63) is 36.5 Å². The van der Waals surface area contributed by atoms with Crippen LogP contribution in [0, 0.1) is 5.41 Å². The fourth-order valence-electron chi connectivity index (χ4n) is 5.67. The van der Waals surface area contributed by atoms with Crippen molar-refractivity contribution in [3.63, 3.8) is 0 Å². The average molecular weight is 540 g/mol. The van der Waals surface area contributed by atoms with Crippen LogP contribution in [0.3, 0.4) is 0 Å². The topological polar surface area (TPSA) is 31.8 Å². The lowest BCUT2D eigenvalue weighted by molar-refractivity contribution is 0.0423. The molecular weight excluding hydrogens is 499 g/mol.